The van der Waals surface area contributed by atoms with E-state index in [1.807, 2.05) is 25.2 Å². The molecule has 20 heteroatoms. The number of carbonyl (C=O) groups excluding carboxylic acids is 2. The Morgan fingerprint density at radius 1 is 0.507 bits per heavy atom. The molecule has 0 radical (unpaired) electrons. The maximum atomic E-state index is 13.0. The van der Waals surface area contributed by atoms with Gasteiger partial charge in [-0.2, -0.15) is 0 Å². The van der Waals surface area contributed by atoms with E-state index in [0.717, 1.165) is 57.8 Å². The summed E-state index contributed by atoms with van der Waals surface area (Å²) in [5.41, 5.74) is 0. The van der Waals surface area contributed by atoms with E-state index in [-0.39, 0.29) is 19.3 Å². The Hall–Kier alpha value is -3.94. The molecule has 10 atom stereocenters. The van der Waals surface area contributed by atoms with Crippen LogP contribution in [0.3, 0.4) is 0 Å². The first-order valence-corrected chi connectivity index (χ1v) is 28.0. The van der Waals surface area contributed by atoms with Crippen molar-refractivity contribution in [2.24, 2.45) is 0 Å². The van der Waals surface area contributed by atoms with Gasteiger partial charge in [0.1, 0.15) is 43.2 Å². The number of aliphatic hydroxyl groups excluding tert-OH is 6. The molecule has 1 saturated carbocycles. The minimum absolute atomic E-state index is 0.0343. The summed E-state index contributed by atoms with van der Waals surface area (Å²) in [4.78, 5) is 54.4. The Balaban J connectivity index is 2.70. The number of unbranched alkanes of at least 4 members (excludes halogenated alkanes) is 3. The average molecular weight is 1070 g/mol. The molecule has 0 aromatic rings. The van der Waals surface area contributed by atoms with Crippen molar-refractivity contribution in [3.05, 3.63) is 134 Å². The van der Waals surface area contributed by atoms with Gasteiger partial charge in [-0.1, -0.05) is 154 Å². The van der Waals surface area contributed by atoms with Gasteiger partial charge in [-0.05, 0) is 83.5 Å². The largest absolute Gasteiger partial charge is 0.472 e. The van der Waals surface area contributed by atoms with Crippen molar-refractivity contribution in [3.8, 4) is 0 Å². The van der Waals surface area contributed by atoms with Gasteiger partial charge in [0.15, 0.2) is 6.10 Å². The highest BCUT2D eigenvalue weighted by atomic mass is 31.2. The summed E-state index contributed by atoms with van der Waals surface area (Å²) in [5, 5.41) is 61.3. The fourth-order valence-corrected chi connectivity index (χ4v) is 8.08. The zero-order valence-electron chi connectivity index (χ0n) is 42.2. The molecule has 0 heterocycles. The molecule has 18 nitrogen and oxygen atoms in total. The van der Waals surface area contributed by atoms with Crippen LogP contribution in [-0.4, -0.2) is 125 Å². The number of ether oxygens (including phenoxy) is 2. The number of phosphoric ester groups is 2. The van der Waals surface area contributed by atoms with Crippen LogP contribution in [-0.2, 0) is 41.8 Å². The predicted molar refractivity (Wildman–Crippen MR) is 280 cm³/mol. The lowest BCUT2D eigenvalue weighted by molar-refractivity contribution is -0.216. The van der Waals surface area contributed by atoms with Crippen molar-refractivity contribution < 1.29 is 87.1 Å². The van der Waals surface area contributed by atoms with Crippen molar-refractivity contribution in [2.75, 3.05) is 13.2 Å². The van der Waals surface area contributed by atoms with E-state index in [4.69, 9.17) is 18.5 Å². The third kappa shape index (κ3) is 35.8. The van der Waals surface area contributed by atoms with Crippen molar-refractivity contribution in [3.63, 3.8) is 0 Å². The third-order valence-corrected chi connectivity index (χ3v) is 11.9. The maximum absolute atomic E-state index is 13.0. The van der Waals surface area contributed by atoms with Crippen LogP contribution in [0.1, 0.15) is 117 Å². The first kappa shape index (κ1) is 67.1. The van der Waals surface area contributed by atoms with Crippen LogP contribution in [0, 0.1) is 0 Å². The second-order valence-corrected chi connectivity index (χ2v) is 19.4. The molecule has 1 aliphatic carbocycles. The average Bonchev–Trinajstić information content (AvgIpc) is 3.34. The Bertz CT molecular complexity index is 1950. The Morgan fingerprint density at radius 3 is 1.51 bits per heavy atom. The Labute approximate surface area is 431 Å². The SMILES string of the molecule is CC/C=C\C/C=C\C/C=C\C/C=C\C/C=C\CCCCCC(=O)OC[C@H](COP(=O)(O)O[C@H]1C(O)C(O)C(O)[C@@H](OP(=O)(O)O)C1O)OC(=O)CC/C=C\C/C=C\C[C@@H](O)/C=C/C=C\C=C\[C@@H](O)C/C=C\CC. The normalized spacial score (nSPS) is 22.6. The summed E-state index contributed by atoms with van der Waals surface area (Å²) >= 11 is 0. The summed E-state index contributed by atoms with van der Waals surface area (Å²) in [7, 11) is -10.8. The molecule has 73 heavy (non-hydrogen) atoms. The fraction of sp³-hybridized carbons (Fsp3) is 0.547. The first-order chi connectivity index (χ1) is 34.9. The molecule has 9 N–H and O–H groups in total. The van der Waals surface area contributed by atoms with E-state index in [2.05, 4.69) is 72.2 Å². The van der Waals surface area contributed by atoms with Crippen LogP contribution in [0.2, 0.25) is 0 Å². The summed E-state index contributed by atoms with van der Waals surface area (Å²) in [6, 6.07) is 0. The molecule has 0 aromatic heterocycles. The number of esters is 2. The lowest BCUT2D eigenvalue weighted by Gasteiger charge is -2.43. The molecule has 0 aromatic carbocycles. The molecule has 1 rings (SSSR count). The molecule has 1 aliphatic rings. The molecular weight excluding hydrogens is 987 g/mol. The van der Waals surface area contributed by atoms with E-state index in [1.54, 1.807) is 54.7 Å². The standard InChI is InChI=1S/C53H82O18P2/c1-3-5-7-8-9-10-11-12-13-14-15-16-17-18-19-20-21-25-33-39-46(56)67-41-45(42-68-73(65,66)71-53-50(60)48(58)49(59)52(51(53)61)70-72(62,63)64)69-47(57)40-34-26-23-22-24-30-36-44(55)38-32-28-27-31-37-43(54)35-29-6-4-2/h5-7,9-10,12-13,15-16,18-19,23-24,26-32,37-38,43-45,48-55,58-61H,3-4,8,11,14,17,20-22,25,33-36,39-42H2,1-2H3,(H,65,66)(H2,62,63,64)/b7-5-,10-9-,13-12-,16-15-,19-18-,26-23-,28-27-,29-6-,30-24-,37-31+,38-32+/t43-,44+,45+,48?,49?,50?,51?,52+,53-/m0/s1. The lowest BCUT2D eigenvalue weighted by Crippen LogP contribution is -2.64. The summed E-state index contributed by atoms with van der Waals surface area (Å²) in [5.74, 6) is -1.43. The van der Waals surface area contributed by atoms with Crippen LogP contribution in [0.4, 0.5) is 0 Å². The van der Waals surface area contributed by atoms with E-state index in [1.165, 1.54) is 0 Å². The molecule has 5 unspecified atom stereocenters. The molecule has 0 saturated heterocycles. The van der Waals surface area contributed by atoms with Crippen LogP contribution >= 0.6 is 15.6 Å². The lowest BCUT2D eigenvalue weighted by atomic mass is 9.85. The Kier molecular flexibility index (Phi) is 38.0. The van der Waals surface area contributed by atoms with Crippen molar-refractivity contribution in [2.45, 2.75) is 172 Å². The molecule has 0 spiro atoms. The first-order valence-electron chi connectivity index (χ1n) is 24.9. The number of phosphoric acid groups is 2. The zero-order valence-corrected chi connectivity index (χ0v) is 44.0. The minimum atomic E-state index is -5.40. The smallest absolute Gasteiger partial charge is 0.462 e. The van der Waals surface area contributed by atoms with E-state index >= 15 is 0 Å². The van der Waals surface area contributed by atoms with Gasteiger partial charge >= 0.3 is 27.6 Å². The number of carbonyl (C=O) groups is 2. The third-order valence-electron chi connectivity index (χ3n) is 10.4. The summed E-state index contributed by atoms with van der Waals surface area (Å²) in [6.45, 7) is 2.62. The van der Waals surface area contributed by atoms with Crippen molar-refractivity contribution in [1.29, 1.82) is 0 Å². The number of hydrogen-bond donors (Lipinski definition) is 9. The number of rotatable bonds is 39. The molecular formula is C53H82O18P2. The molecule has 0 aliphatic heterocycles. The second-order valence-electron chi connectivity index (χ2n) is 16.8. The predicted octanol–water partition coefficient (Wildman–Crippen LogP) is 8.00. The fourth-order valence-electron chi connectivity index (χ4n) is 6.55. The van der Waals surface area contributed by atoms with Gasteiger partial charge in [0, 0.05) is 12.8 Å². The second kappa shape index (κ2) is 41.3. The van der Waals surface area contributed by atoms with Gasteiger partial charge in [0.05, 0.1) is 18.8 Å². The van der Waals surface area contributed by atoms with E-state index in [0.29, 0.717) is 25.7 Å². The number of aliphatic hydroxyl groups is 6. The summed E-state index contributed by atoms with van der Waals surface area (Å²) < 4.78 is 49.3. The Morgan fingerprint density at radius 2 is 0.973 bits per heavy atom. The van der Waals surface area contributed by atoms with Gasteiger partial charge in [-0.15, -0.1) is 0 Å². The molecule has 0 amide bonds. The van der Waals surface area contributed by atoms with Crippen LogP contribution in [0.5, 0.6) is 0 Å². The highest BCUT2D eigenvalue weighted by Crippen LogP contribution is 2.49. The van der Waals surface area contributed by atoms with Crippen LogP contribution < -0.4 is 0 Å². The quantitative estimate of drug-likeness (QED) is 0.00926. The van der Waals surface area contributed by atoms with Gasteiger partial charge in [0.25, 0.3) is 0 Å². The molecule has 412 valence electrons. The number of allylic oxidation sites excluding steroid dienone is 18. The van der Waals surface area contributed by atoms with E-state index < -0.39 is 95.7 Å². The zero-order chi connectivity index (χ0) is 54.2. The van der Waals surface area contributed by atoms with Gasteiger partial charge in [-0.3, -0.25) is 23.2 Å². The topological polar surface area (TPSA) is 296 Å². The van der Waals surface area contributed by atoms with Crippen molar-refractivity contribution >= 4 is 27.6 Å². The van der Waals surface area contributed by atoms with Crippen LogP contribution in [0.15, 0.2) is 134 Å². The minimum Gasteiger partial charge on any atom is -0.462 e. The summed E-state index contributed by atoms with van der Waals surface area (Å²) in [6.07, 6.45) is 36.1. The maximum Gasteiger partial charge on any atom is 0.472 e. The molecule has 1 fully saturated rings. The van der Waals surface area contributed by atoms with Crippen molar-refractivity contribution in [1.82, 2.24) is 0 Å². The monoisotopic (exact) mass is 1070 g/mol. The number of hydrogen-bond acceptors (Lipinski definition) is 15. The van der Waals surface area contributed by atoms with Gasteiger partial charge in [0.2, 0.25) is 0 Å². The molecule has 0 bridgehead atoms. The highest BCUT2D eigenvalue weighted by Gasteiger charge is 2.54. The van der Waals surface area contributed by atoms with Crippen LogP contribution in [0.25, 0.3) is 0 Å². The highest BCUT2D eigenvalue weighted by molar-refractivity contribution is 7.47. The van der Waals surface area contributed by atoms with Gasteiger partial charge in [-0.25, -0.2) is 9.13 Å². The van der Waals surface area contributed by atoms with E-state index in [9.17, 15) is 64.0 Å². The van der Waals surface area contributed by atoms with Gasteiger partial charge < -0.3 is 54.8 Å².